The van der Waals surface area contributed by atoms with Gasteiger partial charge in [-0.05, 0) is 43.9 Å². The molecule has 5 N–H and O–H groups in total. The molecule has 2 rings (SSSR count). The number of likely N-dealkylation sites (N-methyl/N-ethyl adjacent to an activating group) is 1. The lowest BCUT2D eigenvalue weighted by atomic mass is 10.1. The van der Waals surface area contributed by atoms with Gasteiger partial charge in [0.2, 0.25) is 0 Å². The lowest BCUT2D eigenvalue weighted by molar-refractivity contribution is -0.119. The fourth-order valence-electron chi connectivity index (χ4n) is 3.72. The Labute approximate surface area is 207 Å². The number of benzene rings is 1. The third-order valence-corrected chi connectivity index (χ3v) is 6.61. The zero-order valence-electron chi connectivity index (χ0n) is 20.9. The number of hydrogen-bond donors (Lipinski definition) is 4. The van der Waals surface area contributed by atoms with Gasteiger partial charge in [0.15, 0.2) is 5.04 Å². The van der Waals surface area contributed by atoms with E-state index in [1.165, 1.54) is 11.8 Å². The molecule has 1 heterocycles. The molecule has 0 saturated carbocycles. The monoisotopic (exact) mass is 486 g/mol. The molecule has 0 spiro atoms. The summed E-state index contributed by atoms with van der Waals surface area (Å²) in [7, 11) is 1.60. The van der Waals surface area contributed by atoms with Crippen LogP contribution in [0.1, 0.15) is 31.9 Å². The highest BCUT2D eigenvalue weighted by Crippen LogP contribution is 2.19. The number of aryl methyl sites for hydroxylation is 1. The van der Waals surface area contributed by atoms with Gasteiger partial charge in [0.1, 0.15) is 0 Å². The summed E-state index contributed by atoms with van der Waals surface area (Å²) in [5.41, 5.74) is 8.10. The van der Waals surface area contributed by atoms with Gasteiger partial charge in [-0.1, -0.05) is 55.1 Å². The van der Waals surface area contributed by atoms with Crippen molar-refractivity contribution in [2.75, 3.05) is 33.2 Å². The first kappa shape index (κ1) is 27.6. The van der Waals surface area contributed by atoms with E-state index in [9.17, 15) is 9.59 Å². The predicted molar refractivity (Wildman–Crippen MR) is 143 cm³/mol. The van der Waals surface area contributed by atoms with Crippen molar-refractivity contribution in [3.8, 4) is 0 Å². The van der Waals surface area contributed by atoms with Crippen LogP contribution in [0.2, 0.25) is 0 Å². The SMILES string of the molecule is C=C(CN(CC)C(C)C)SC(=NC)C(=O)N[C@@H]1CNCC1NC(=O)/C(N)=C/c1cccc(C)c1. The summed E-state index contributed by atoms with van der Waals surface area (Å²) in [4.78, 5) is 32.8. The Morgan fingerprint density at radius 2 is 1.94 bits per heavy atom. The van der Waals surface area contributed by atoms with E-state index in [4.69, 9.17) is 5.73 Å². The van der Waals surface area contributed by atoms with Crippen LogP contribution < -0.4 is 21.7 Å². The second-order valence-electron chi connectivity index (χ2n) is 8.66. The van der Waals surface area contributed by atoms with Crippen molar-refractivity contribution in [2.45, 2.75) is 45.8 Å². The number of amides is 2. The number of nitrogens with one attached hydrogen (secondary N) is 3. The number of carbonyl (C=O) groups excluding carboxylic acids is 2. The van der Waals surface area contributed by atoms with Crippen molar-refractivity contribution in [3.05, 3.63) is 52.6 Å². The van der Waals surface area contributed by atoms with Gasteiger partial charge in [0.05, 0.1) is 17.8 Å². The van der Waals surface area contributed by atoms with Crippen molar-refractivity contribution in [1.29, 1.82) is 0 Å². The molecule has 0 aliphatic carbocycles. The van der Waals surface area contributed by atoms with Crippen LogP contribution in [0.3, 0.4) is 0 Å². The van der Waals surface area contributed by atoms with Gasteiger partial charge < -0.3 is 21.7 Å². The third kappa shape index (κ3) is 8.30. The Hall–Kier alpha value is -2.62. The molecule has 1 unspecified atom stereocenters. The molecule has 9 heteroatoms. The van der Waals surface area contributed by atoms with Crippen LogP contribution >= 0.6 is 11.8 Å². The third-order valence-electron chi connectivity index (χ3n) is 5.63. The van der Waals surface area contributed by atoms with E-state index >= 15 is 0 Å². The van der Waals surface area contributed by atoms with Crippen LogP contribution in [0.5, 0.6) is 0 Å². The first-order chi connectivity index (χ1) is 16.1. The quantitative estimate of drug-likeness (QED) is 0.241. The van der Waals surface area contributed by atoms with E-state index in [0.717, 1.165) is 22.6 Å². The van der Waals surface area contributed by atoms with Crippen LogP contribution in [-0.2, 0) is 9.59 Å². The molecule has 1 aromatic rings. The Bertz CT molecular complexity index is 943. The van der Waals surface area contributed by atoms with Crippen LogP contribution in [-0.4, -0.2) is 73.1 Å². The Kier molecular flexibility index (Phi) is 10.8. The number of aliphatic imine (C=N–C) groups is 1. The highest BCUT2D eigenvalue weighted by molar-refractivity contribution is 8.18. The summed E-state index contributed by atoms with van der Waals surface area (Å²) in [6, 6.07) is 7.57. The van der Waals surface area contributed by atoms with Crippen molar-refractivity contribution in [3.63, 3.8) is 0 Å². The molecule has 1 aromatic carbocycles. The molecule has 0 radical (unpaired) electrons. The molecular weight excluding hydrogens is 448 g/mol. The van der Waals surface area contributed by atoms with Gasteiger partial charge in [0.25, 0.3) is 11.8 Å². The van der Waals surface area contributed by atoms with Crippen molar-refractivity contribution in [1.82, 2.24) is 20.9 Å². The summed E-state index contributed by atoms with van der Waals surface area (Å²) < 4.78 is 0. The predicted octanol–water partition coefficient (Wildman–Crippen LogP) is 1.87. The largest absolute Gasteiger partial charge is 0.394 e. The van der Waals surface area contributed by atoms with Crippen molar-refractivity contribution < 1.29 is 9.59 Å². The molecule has 1 aliphatic heterocycles. The fourth-order valence-corrected chi connectivity index (χ4v) is 4.46. The molecule has 2 amide bonds. The summed E-state index contributed by atoms with van der Waals surface area (Å²) in [6.45, 7) is 15.1. The minimum Gasteiger partial charge on any atom is -0.394 e. The van der Waals surface area contributed by atoms with Crippen LogP contribution in [0, 0.1) is 6.92 Å². The van der Waals surface area contributed by atoms with Crippen LogP contribution in [0.4, 0.5) is 0 Å². The summed E-state index contributed by atoms with van der Waals surface area (Å²) in [5, 5.41) is 9.49. The molecule has 1 saturated heterocycles. The number of rotatable bonds is 9. The molecular formula is C25H38N6O2S. The highest BCUT2D eigenvalue weighted by atomic mass is 32.2. The summed E-state index contributed by atoms with van der Waals surface area (Å²) in [5.74, 6) is -0.646. The lowest BCUT2D eigenvalue weighted by Crippen LogP contribution is -2.52. The van der Waals surface area contributed by atoms with Crippen LogP contribution in [0.25, 0.3) is 6.08 Å². The maximum atomic E-state index is 12.9. The van der Waals surface area contributed by atoms with Gasteiger partial charge >= 0.3 is 0 Å². The minimum absolute atomic E-state index is 0.121. The molecule has 8 nitrogen and oxygen atoms in total. The Morgan fingerprint density at radius 3 is 2.50 bits per heavy atom. The Morgan fingerprint density at radius 1 is 1.29 bits per heavy atom. The number of carbonyl (C=O) groups is 2. The van der Waals surface area contributed by atoms with E-state index in [-0.39, 0.29) is 29.6 Å². The first-order valence-electron chi connectivity index (χ1n) is 11.6. The number of hydrogen-bond acceptors (Lipinski definition) is 7. The van der Waals surface area contributed by atoms with Gasteiger partial charge in [-0.3, -0.25) is 19.5 Å². The second kappa shape index (κ2) is 13.3. The van der Waals surface area contributed by atoms with E-state index in [1.54, 1.807) is 13.1 Å². The van der Waals surface area contributed by atoms with Crippen LogP contribution in [0.15, 0.2) is 46.4 Å². The first-order valence-corrected chi connectivity index (χ1v) is 12.4. The molecule has 2 atom stereocenters. The zero-order valence-corrected chi connectivity index (χ0v) is 21.7. The van der Waals surface area contributed by atoms with Gasteiger partial charge in [-0.2, -0.15) is 0 Å². The van der Waals surface area contributed by atoms with E-state index < -0.39 is 0 Å². The van der Waals surface area contributed by atoms with Gasteiger partial charge in [-0.15, -0.1) is 0 Å². The highest BCUT2D eigenvalue weighted by Gasteiger charge is 2.31. The fraction of sp³-hybridized carbons (Fsp3) is 0.480. The molecule has 1 fully saturated rings. The molecule has 1 aliphatic rings. The standard InChI is InChI=1S/C25H38N6O2S/c1-7-31(16(2)3)15-18(5)34-25(27-6)24(33)30-22-14-28-13-21(22)29-23(32)20(26)12-19-10-8-9-17(4)11-19/h8-12,16,21-22,28H,5,7,13-15,26H2,1-4,6H3,(H,29,32)(H,30,33)/b20-12-,27-25?/t21?,22-/m1/s1. The average molecular weight is 487 g/mol. The molecule has 0 aromatic heterocycles. The zero-order chi connectivity index (χ0) is 25.3. The topological polar surface area (TPSA) is 112 Å². The van der Waals surface area contributed by atoms with E-state index in [2.05, 4.69) is 53.2 Å². The smallest absolute Gasteiger partial charge is 0.276 e. The number of nitrogens with two attached hydrogens (primary N) is 1. The molecule has 0 bridgehead atoms. The summed E-state index contributed by atoms with van der Waals surface area (Å²) >= 11 is 1.28. The number of thioether (sulfide) groups is 1. The maximum absolute atomic E-state index is 12.9. The van der Waals surface area contributed by atoms with Gasteiger partial charge in [0, 0.05) is 32.7 Å². The number of nitrogens with zero attached hydrogens (tertiary/aromatic N) is 2. The van der Waals surface area contributed by atoms with E-state index in [1.807, 2.05) is 31.2 Å². The second-order valence-corrected chi connectivity index (χ2v) is 9.83. The lowest BCUT2D eigenvalue weighted by Gasteiger charge is -2.25. The van der Waals surface area contributed by atoms with Crippen molar-refractivity contribution >= 4 is 34.7 Å². The summed E-state index contributed by atoms with van der Waals surface area (Å²) in [6.07, 6.45) is 1.65. The maximum Gasteiger partial charge on any atom is 0.276 e. The minimum atomic E-state index is -0.366. The normalized spacial score (nSPS) is 18.9. The van der Waals surface area contributed by atoms with E-state index in [0.29, 0.717) is 30.7 Å². The van der Waals surface area contributed by atoms with Gasteiger partial charge in [-0.25, -0.2) is 0 Å². The molecule has 186 valence electrons. The average Bonchev–Trinajstić information content (AvgIpc) is 3.21. The molecule has 34 heavy (non-hydrogen) atoms. The Balaban J connectivity index is 1.95. The van der Waals surface area contributed by atoms with Crippen molar-refractivity contribution in [2.24, 2.45) is 10.7 Å².